The third-order valence-electron chi connectivity index (χ3n) is 5.61. The molecule has 1 amide bonds. The van der Waals surface area contributed by atoms with Crippen molar-refractivity contribution in [2.75, 3.05) is 32.0 Å². The molecule has 3 rings (SSSR count). The van der Waals surface area contributed by atoms with Crippen LogP contribution in [0.25, 0.3) is 0 Å². The van der Waals surface area contributed by atoms with Crippen LogP contribution in [0, 0.1) is 11.8 Å². The Morgan fingerprint density at radius 2 is 1.96 bits per heavy atom. The molecule has 0 aromatic carbocycles. The summed E-state index contributed by atoms with van der Waals surface area (Å²) in [5.74, 6) is 2.11. The highest BCUT2D eigenvalue weighted by molar-refractivity contribution is 5.69. The fourth-order valence-corrected chi connectivity index (χ4v) is 4.25. The molecule has 27 heavy (non-hydrogen) atoms. The van der Waals surface area contributed by atoms with E-state index in [4.69, 9.17) is 4.74 Å². The molecule has 2 aliphatic heterocycles. The molecule has 2 saturated heterocycles. The first-order valence-corrected chi connectivity index (χ1v) is 10.1. The Morgan fingerprint density at radius 3 is 2.63 bits per heavy atom. The summed E-state index contributed by atoms with van der Waals surface area (Å²) in [5.41, 5.74) is 0.383. The third kappa shape index (κ3) is 5.09. The number of hydrogen-bond donors (Lipinski definition) is 2. The number of likely N-dealkylation sites (tertiary alicyclic amines) is 1. The molecule has 1 unspecified atom stereocenters. The highest BCUT2D eigenvalue weighted by atomic mass is 16.6. The van der Waals surface area contributed by atoms with Gasteiger partial charge in [-0.25, -0.2) is 14.8 Å². The highest BCUT2D eigenvalue weighted by Gasteiger charge is 2.38. The van der Waals surface area contributed by atoms with Gasteiger partial charge in [-0.1, -0.05) is 0 Å². The summed E-state index contributed by atoms with van der Waals surface area (Å²) in [6.07, 6.45) is 5.72. The maximum Gasteiger partial charge on any atom is 0.410 e. The van der Waals surface area contributed by atoms with Gasteiger partial charge in [0.15, 0.2) is 0 Å². The van der Waals surface area contributed by atoms with Crippen LogP contribution in [0.4, 0.5) is 10.6 Å². The topological polar surface area (TPSA) is 79.4 Å². The molecule has 0 spiro atoms. The van der Waals surface area contributed by atoms with Crippen molar-refractivity contribution in [2.24, 2.45) is 11.8 Å². The van der Waals surface area contributed by atoms with Gasteiger partial charge in [0.05, 0.1) is 11.7 Å². The summed E-state index contributed by atoms with van der Waals surface area (Å²) in [4.78, 5) is 23.5. The minimum absolute atomic E-state index is 0.0661. The van der Waals surface area contributed by atoms with Crippen LogP contribution in [0.3, 0.4) is 0 Å². The molecule has 2 N–H and O–H groups in total. The van der Waals surface area contributed by atoms with Crippen LogP contribution in [0.2, 0.25) is 0 Å². The fourth-order valence-electron chi connectivity index (χ4n) is 4.25. The molecule has 2 aliphatic rings. The van der Waals surface area contributed by atoms with Gasteiger partial charge < -0.3 is 15.4 Å². The number of rotatable bonds is 3. The van der Waals surface area contributed by atoms with Crippen LogP contribution in [-0.4, -0.2) is 53.2 Å². The fraction of sp³-hybridized carbons (Fsp3) is 0.750. The average Bonchev–Trinajstić information content (AvgIpc) is 2.67. The standard InChI is InChI=1S/C20H33N5O2/c1-20(2,3)27-19(26)25-10-7-15(14-5-8-22-9-6-14)11-17(25)16-12-18(21-4)24-13-23-16/h12-15,17,22H,5-11H2,1-4H3,(H,21,23,24)/t15?,17-/m1/s1. The van der Waals surface area contributed by atoms with Gasteiger partial charge in [0.2, 0.25) is 0 Å². The quantitative estimate of drug-likeness (QED) is 0.845. The second-order valence-electron chi connectivity index (χ2n) is 8.64. The van der Waals surface area contributed by atoms with E-state index < -0.39 is 5.60 Å². The molecule has 2 atom stereocenters. The van der Waals surface area contributed by atoms with Crippen molar-refractivity contribution < 1.29 is 9.53 Å². The predicted octanol–water partition coefficient (Wildman–Crippen LogP) is 3.21. The number of ether oxygens (including phenoxy) is 1. The molecule has 150 valence electrons. The lowest BCUT2D eigenvalue weighted by Gasteiger charge is -2.43. The van der Waals surface area contributed by atoms with Crippen LogP contribution in [0.15, 0.2) is 12.4 Å². The van der Waals surface area contributed by atoms with E-state index >= 15 is 0 Å². The van der Waals surface area contributed by atoms with Crippen molar-refractivity contribution >= 4 is 11.9 Å². The number of nitrogens with one attached hydrogen (secondary N) is 2. The van der Waals surface area contributed by atoms with Gasteiger partial charge in [-0.15, -0.1) is 0 Å². The van der Waals surface area contributed by atoms with Crippen molar-refractivity contribution in [3.05, 3.63) is 18.1 Å². The van der Waals surface area contributed by atoms with Crippen LogP contribution in [-0.2, 0) is 4.74 Å². The molecule has 0 saturated carbocycles. The Bertz CT molecular complexity index is 640. The first-order chi connectivity index (χ1) is 12.9. The lowest BCUT2D eigenvalue weighted by atomic mass is 9.76. The highest BCUT2D eigenvalue weighted by Crippen LogP contribution is 2.40. The van der Waals surface area contributed by atoms with E-state index in [1.54, 1.807) is 6.33 Å². The molecule has 7 heteroatoms. The van der Waals surface area contributed by atoms with Crippen molar-refractivity contribution in [1.29, 1.82) is 0 Å². The second-order valence-corrected chi connectivity index (χ2v) is 8.64. The van der Waals surface area contributed by atoms with Crippen LogP contribution < -0.4 is 10.6 Å². The molecule has 0 bridgehead atoms. The van der Waals surface area contributed by atoms with Gasteiger partial charge in [-0.3, -0.25) is 4.90 Å². The van der Waals surface area contributed by atoms with E-state index in [2.05, 4.69) is 20.6 Å². The summed E-state index contributed by atoms with van der Waals surface area (Å²) >= 11 is 0. The van der Waals surface area contributed by atoms with Crippen molar-refractivity contribution in [2.45, 2.75) is 58.1 Å². The summed E-state index contributed by atoms with van der Waals surface area (Å²) in [6.45, 7) is 8.63. The maximum atomic E-state index is 12.9. The van der Waals surface area contributed by atoms with E-state index in [1.165, 1.54) is 12.8 Å². The average molecular weight is 376 g/mol. The number of hydrogen-bond acceptors (Lipinski definition) is 6. The zero-order chi connectivity index (χ0) is 19.4. The Morgan fingerprint density at radius 1 is 1.22 bits per heavy atom. The zero-order valence-corrected chi connectivity index (χ0v) is 17.0. The Kier molecular flexibility index (Phi) is 6.19. The smallest absolute Gasteiger partial charge is 0.410 e. The first kappa shape index (κ1) is 19.9. The van der Waals surface area contributed by atoms with E-state index in [0.717, 1.165) is 43.4 Å². The lowest BCUT2D eigenvalue weighted by molar-refractivity contribution is -0.00181. The number of carbonyl (C=O) groups is 1. The normalized spacial score (nSPS) is 24.5. The van der Waals surface area contributed by atoms with Crippen LogP contribution in [0.5, 0.6) is 0 Å². The first-order valence-electron chi connectivity index (χ1n) is 10.1. The number of piperidine rings is 2. The van der Waals surface area contributed by atoms with Crippen molar-refractivity contribution in [3.63, 3.8) is 0 Å². The Labute approximate surface area is 162 Å². The van der Waals surface area contributed by atoms with Crippen molar-refractivity contribution in [3.8, 4) is 0 Å². The summed E-state index contributed by atoms with van der Waals surface area (Å²) < 4.78 is 5.68. The molecule has 1 aromatic heterocycles. The zero-order valence-electron chi connectivity index (χ0n) is 17.0. The molecular formula is C20H33N5O2. The van der Waals surface area contributed by atoms with Gasteiger partial charge in [0.1, 0.15) is 17.7 Å². The molecular weight excluding hydrogens is 342 g/mol. The van der Waals surface area contributed by atoms with Crippen molar-refractivity contribution in [1.82, 2.24) is 20.2 Å². The van der Waals surface area contributed by atoms with Crippen LogP contribution >= 0.6 is 0 Å². The SMILES string of the molecule is CNc1cc([C@H]2CC(C3CCNCC3)CCN2C(=O)OC(C)(C)C)ncn1. The third-order valence-corrected chi connectivity index (χ3v) is 5.61. The van der Waals surface area contributed by atoms with E-state index in [1.807, 2.05) is 38.8 Å². The molecule has 0 radical (unpaired) electrons. The largest absolute Gasteiger partial charge is 0.444 e. The number of aromatic nitrogens is 2. The van der Waals surface area contributed by atoms with Gasteiger partial charge >= 0.3 is 6.09 Å². The second kappa shape index (κ2) is 8.42. The minimum Gasteiger partial charge on any atom is -0.444 e. The van der Waals surface area contributed by atoms with Gasteiger partial charge in [0, 0.05) is 19.7 Å². The summed E-state index contributed by atoms with van der Waals surface area (Å²) in [7, 11) is 1.84. The molecule has 0 aliphatic carbocycles. The minimum atomic E-state index is -0.505. The van der Waals surface area contributed by atoms with E-state index in [0.29, 0.717) is 12.5 Å². The summed E-state index contributed by atoms with van der Waals surface area (Å²) in [5, 5.41) is 6.52. The number of carbonyl (C=O) groups excluding carboxylic acids is 1. The number of anilines is 1. The molecule has 2 fully saturated rings. The van der Waals surface area contributed by atoms with Crippen LogP contribution in [0.1, 0.15) is 58.2 Å². The molecule has 1 aromatic rings. The summed E-state index contributed by atoms with van der Waals surface area (Å²) in [6, 6.07) is 1.89. The number of nitrogens with zero attached hydrogens (tertiary/aromatic N) is 3. The monoisotopic (exact) mass is 375 g/mol. The van der Waals surface area contributed by atoms with Gasteiger partial charge in [-0.05, 0) is 71.4 Å². The number of amides is 1. The Hall–Kier alpha value is -1.89. The molecule has 7 nitrogen and oxygen atoms in total. The van der Waals surface area contributed by atoms with Gasteiger partial charge in [-0.2, -0.15) is 0 Å². The molecule has 3 heterocycles. The van der Waals surface area contributed by atoms with Gasteiger partial charge in [0.25, 0.3) is 0 Å². The maximum absolute atomic E-state index is 12.9. The van der Waals surface area contributed by atoms with E-state index in [-0.39, 0.29) is 12.1 Å². The van der Waals surface area contributed by atoms with E-state index in [9.17, 15) is 4.79 Å². The predicted molar refractivity (Wildman–Crippen MR) is 106 cm³/mol. The lowest BCUT2D eigenvalue weighted by Crippen LogP contribution is -2.46. The Balaban J connectivity index is 1.82.